The third kappa shape index (κ3) is 4.31. The average Bonchev–Trinajstić information content (AvgIpc) is 2.63. The van der Waals surface area contributed by atoms with Crippen LogP contribution < -0.4 is 0 Å². The molecular formula is C20H20ClF3N2O2. The molecule has 0 radical (unpaired) electrons. The maximum absolute atomic E-state index is 13.3. The molecule has 2 aromatic rings. The van der Waals surface area contributed by atoms with Gasteiger partial charge in [-0.05, 0) is 62.2 Å². The summed E-state index contributed by atoms with van der Waals surface area (Å²) in [6.45, 7) is 2.21. The quantitative estimate of drug-likeness (QED) is 0.759. The number of carbonyl (C=O) groups is 1. The average molecular weight is 413 g/mol. The van der Waals surface area contributed by atoms with Crippen LogP contribution in [0.15, 0.2) is 36.4 Å². The number of nitrogens with zero attached hydrogens (tertiary/aromatic N) is 2. The number of hydrogen-bond donors (Lipinski definition) is 1. The summed E-state index contributed by atoms with van der Waals surface area (Å²) in [5, 5.41) is 9.83. The second-order valence-corrected chi connectivity index (χ2v) is 7.34. The van der Waals surface area contributed by atoms with Gasteiger partial charge in [-0.1, -0.05) is 24.1 Å². The van der Waals surface area contributed by atoms with Gasteiger partial charge in [0.2, 0.25) is 0 Å². The van der Waals surface area contributed by atoms with Gasteiger partial charge in [-0.2, -0.15) is 13.2 Å². The van der Waals surface area contributed by atoms with Crippen molar-refractivity contribution in [3.05, 3.63) is 63.9 Å². The number of pyridine rings is 1. The van der Waals surface area contributed by atoms with Gasteiger partial charge in [-0.25, -0.2) is 0 Å². The van der Waals surface area contributed by atoms with E-state index in [1.54, 1.807) is 30.0 Å². The lowest BCUT2D eigenvalue weighted by Crippen LogP contribution is -2.47. The number of carboxylic acid groups (broad SMARTS) is 1. The second-order valence-electron chi connectivity index (χ2n) is 6.93. The molecule has 150 valence electrons. The maximum atomic E-state index is 13.3. The lowest BCUT2D eigenvalue weighted by Gasteiger charge is -2.39. The minimum Gasteiger partial charge on any atom is -0.480 e. The Kier molecular flexibility index (Phi) is 5.95. The number of alkyl halides is 3. The molecule has 3 rings (SSSR count). The summed E-state index contributed by atoms with van der Waals surface area (Å²) in [4.78, 5) is 18.0. The Hall–Kier alpha value is -2.12. The Balaban J connectivity index is 2.18. The first-order valence-corrected chi connectivity index (χ1v) is 9.35. The molecule has 4 nitrogen and oxygen atoms in total. The number of halogens is 4. The second kappa shape index (κ2) is 8.09. The van der Waals surface area contributed by atoms with Crippen LogP contribution in [0.3, 0.4) is 0 Å². The van der Waals surface area contributed by atoms with E-state index < -0.39 is 29.8 Å². The normalized spacial score (nSPS) is 19.4. The predicted octanol–water partition coefficient (Wildman–Crippen LogP) is 5.09. The van der Waals surface area contributed by atoms with Crippen molar-refractivity contribution in [2.75, 3.05) is 6.54 Å². The number of piperidine rings is 1. The van der Waals surface area contributed by atoms with E-state index in [9.17, 15) is 23.1 Å². The molecule has 1 aromatic heterocycles. The van der Waals surface area contributed by atoms with Crippen molar-refractivity contribution in [3.8, 4) is 0 Å². The SMILES string of the molecule is Cc1cccc(C(c2cc(C(F)(F)F)ccc2Cl)N2CCCCC2C(=O)O)n1. The first kappa shape index (κ1) is 20.6. The predicted molar refractivity (Wildman–Crippen MR) is 99.3 cm³/mol. The lowest BCUT2D eigenvalue weighted by atomic mass is 9.93. The van der Waals surface area contributed by atoms with E-state index in [0.29, 0.717) is 24.4 Å². The van der Waals surface area contributed by atoms with Crippen molar-refractivity contribution in [2.24, 2.45) is 0 Å². The monoisotopic (exact) mass is 412 g/mol. The van der Waals surface area contributed by atoms with Gasteiger partial charge in [-0.3, -0.25) is 14.7 Å². The first-order valence-electron chi connectivity index (χ1n) is 8.97. The smallest absolute Gasteiger partial charge is 0.416 e. The fourth-order valence-electron chi connectivity index (χ4n) is 3.68. The third-order valence-corrected chi connectivity index (χ3v) is 5.31. The Morgan fingerprint density at radius 1 is 1.29 bits per heavy atom. The highest BCUT2D eigenvalue weighted by atomic mass is 35.5. The highest BCUT2D eigenvalue weighted by Crippen LogP contribution is 2.40. The molecule has 0 amide bonds. The van der Waals surface area contributed by atoms with E-state index in [1.807, 2.05) is 0 Å². The molecule has 0 spiro atoms. The van der Waals surface area contributed by atoms with E-state index in [2.05, 4.69) is 4.98 Å². The number of hydrogen-bond acceptors (Lipinski definition) is 3. The van der Waals surface area contributed by atoms with E-state index in [-0.39, 0.29) is 10.6 Å². The highest BCUT2D eigenvalue weighted by molar-refractivity contribution is 6.31. The number of aliphatic carboxylic acids is 1. The van der Waals surface area contributed by atoms with Gasteiger partial charge in [0.05, 0.1) is 17.3 Å². The van der Waals surface area contributed by atoms with Gasteiger partial charge >= 0.3 is 12.1 Å². The van der Waals surface area contributed by atoms with Crippen LogP contribution in [0.1, 0.15) is 47.8 Å². The molecule has 1 fully saturated rings. The van der Waals surface area contributed by atoms with Crippen LogP contribution in [0, 0.1) is 6.92 Å². The van der Waals surface area contributed by atoms with Gasteiger partial charge in [0, 0.05) is 10.7 Å². The molecule has 0 saturated carbocycles. The number of rotatable bonds is 4. The molecule has 1 aliphatic rings. The summed E-state index contributed by atoms with van der Waals surface area (Å²) in [6.07, 6.45) is -2.60. The maximum Gasteiger partial charge on any atom is 0.416 e. The summed E-state index contributed by atoms with van der Waals surface area (Å²) in [6, 6.07) is 6.78. The van der Waals surface area contributed by atoms with Crippen molar-refractivity contribution < 1.29 is 23.1 Å². The van der Waals surface area contributed by atoms with Crippen LogP contribution in [-0.4, -0.2) is 33.5 Å². The molecule has 1 saturated heterocycles. The topological polar surface area (TPSA) is 53.4 Å². The zero-order valence-corrected chi connectivity index (χ0v) is 16.0. The van der Waals surface area contributed by atoms with Crippen LogP contribution in [0.25, 0.3) is 0 Å². The molecular weight excluding hydrogens is 393 g/mol. The molecule has 2 unspecified atom stereocenters. The van der Waals surface area contributed by atoms with E-state index in [0.717, 1.165) is 25.0 Å². The van der Waals surface area contributed by atoms with Crippen LogP contribution in [-0.2, 0) is 11.0 Å². The Morgan fingerprint density at radius 2 is 2.04 bits per heavy atom. The number of aromatic nitrogens is 1. The van der Waals surface area contributed by atoms with Crippen molar-refractivity contribution in [1.82, 2.24) is 9.88 Å². The molecule has 1 aromatic carbocycles. The van der Waals surface area contributed by atoms with Crippen molar-refractivity contribution in [2.45, 2.75) is 44.4 Å². The zero-order valence-electron chi connectivity index (χ0n) is 15.2. The van der Waals surface area contributed by atoms with Gasteiger partial charge in [-0.15, -0.1) is 0 Å². The minimum absolute atomic E-state index is 0.149. The Bertz CT molecular complexity index is 873. The lowest BCUT2D eigenvalue weighted by molar-refractivity contribution is -0.145. The molecule has 1 aliphatic heterocycles. The van der Waals surface area contributed by atoms with E-state index in [1.165, 1.54) is 6.07 Å². The summed E-state index contributed by atoms with van der Waals surface area (Å²) < 4.78 is 39.9. The molecule has 0 bridgehead atoms. The molecule has 0 aliphatic carbocycles. The zero-order chi connectivity index (χ0) is 20.5. The van der Waals surface area contributed by atoms with Crippen LogP contribution >= 0.6 is 11.6 Å². The Labute approximate surface area is 166 Å². The summed E-state index contributed by atoms with van der Waals surface area (Å²) >= 11 is 6.31. The molecule has 1 N–H and O–H groups in total. The van der Waals surface area contributed by atoms with Gasteiger partial charge < -0.3 is 5.11 Å². The fraction of sp³-hybridized carbons (Fsp3) is 0.400. The Morgan fingerprint density at radius 3 is 2.68 bits per heavy atom. The van der Waals surface area contributed by atoms with Gasteiger partial charge in [0.25, 0.3) is 0 Å². The van der Waals surface area contributed by atoms with E-state index >= 15 is 0 Å². The van der Waals surface area contributed by atoms with Crippen LogP contribution in [0.4, 0.5) is 13.2 Å². The number of likely N-dealkylation sites (tertiary alicyclic amines) is 1. The number of carboxylic acids is 1. The fourth-order valence-corrected chi connectivity index (χ4v) is 3.90. The number of aryl methyl sites for hydroxylation is 1. The summed E-state index contributed by atoms with van der Waals surface area (Å²) in [7, 11) is 0. The van der Waals surface area contributed by atoms with Crippen molar-refractivity contribution in [1.29, 1.82) is 0 Å². The highest BCUT2D eigenvalue weighted by Gasteiger charge is 2.38. The van der Waals surface area contributed by atoms with Crippen molar-refractivity contribution in [3.63, 3.8) is 0 Å². The first-order chi connectivity index (χ1) is 13.2. The van der Waals surface area contributed by atoms with E-state index in [4.69, 9.17) is 11.6 Å². The summed E-state index contributed by atoms with van der Waals surface area (Å²) in [5.74, 6) is -1.000. The minimum atomic E-state index is -4.53. The molecule has 2 heterocycles. The number of benzene rings is 1. The van der Waals surface area contributed by atoms with Crippen LogP contribution in [0.2, 0.25) is 5.02 Å². The standard InChI is InChI=1S/C20H20ClF3N2O2/c1-12-5-4-6-16(25-12)18(26-10-3-2-7-17(26)19(27)28)14-11-13(20(22,23)24)8-9-15(14)21/h4-6,8-9,11,17-18H,2-3,7,10H2,1H3,(H,27,28). The van der Waals surface area contributed by atoms with Gasteiger partial charge in [0.15, 0.2) is 0 Å². The largest absolute Gasteiger partial charge is 0.480 e. The molecule has 28 heavy (non-hydrogen) atoms. The van der Waals surface area contributed by atoms with Crippen molar-refractivity contribution >= 4 is 17.6 Å². The van der Waals surface area contributed by atoms with Gasteiger partial charge in [0.1, 0.15) is 6.04 Å². The summed E-state index contributed by atoms with van der Waals surface area (Å²) in [5.41, 5.74) is 0.556. The molecule has 8 heteroatoms. The van der Waals surface area contributed by atoms with Crippen LogP contribution in [0.5, 0.6) is 0 Å². The third-order valence-electron chi connectivity index (χ3n) is 4.97. The molecule has 2 atom stereocenters.